The Balaban J connectivity index is 2.22. The van der Waals surface area contributed by atoms with Crippen LogP contribution in [0.1, 0.15) is 16.8 Å². The molecule has 0 bridgehead atoms. The smallest absolute Gasteiger partial charge is 0.101 e. The van der Waals surface area contributed by atoms with E-state index >= 15 is 0 Å². The molecule has 4 heteroatoms. The van der Waals surface area contributed by atoms with Crippen molar-refractivity contribution in [3.8, 4) is 6.07 Å². The number of pyridine rings is 1. The van der Waals surface area contributed by atoms with Gasteiger partial charge in [0, 0.05) is 6.20 Å². The summed E-state index contributed by atoms with van der Waals surface area (Å²) < 4.78 is 0. The molecular formula is C14H12ClN3. The molecule has 0 saturated carbocycles. The minimum atomic E-state index is 0.538. The van der Waals surface area contributed by atoms with E-state index in [9.17, 15) is 0 Å². The Morgan fingerprint density at radius 2 is 2.17 bits per heavy atom. The van der Waals surface area contributed by atoms with E-state index in [0.29, 0.717) is 22.8 Å². The second-order valence-corrected chi connectivity index (χ2v) is 4.30. The highest BCUT2D eigenvalue weighted by atomic mass is 35.5. The maximum absolute atomic E-state index is 9.03. The molecule has 1 heterocycles. The number of hydrogen-bond donors (Lipinski definition) is 1. The highest BCUT2D eigenvalue weighted by molar-refractivity contribution is 6.33. The van der Waals surface area contributed by atoms with Gasteiger partial charge < -0.3 is 5.32 Å². The van der Waals surface area contributed by atoms with Crippen molar-refractivity contribution in [1.29, 1.82) is 5.26 Å². The molecule has 0 aliphatic carbocycles. The highest BCUT2D eigenvalue weighted by Crippen LogP contribution is 2.25. The van der Waals surface area contributed by atoms with E-state index in [1.165, 1.54) is 0 Å². The van der Waals surface area contributed by atoms with E-state index < -0.39 is 0 Å². The second-order valence-electron chi connectivity index (χ2n) is 3.89. The molecule has 18 heavy (non-hydrogen) atoms. The Labute approximate surface area is 111 Å². The van der Waals surface area contributed by atoms with Crippen LogP contribution in [0, 0.1) is 18.3 Å². The van der Waals surface area contributed by atoms with E-state index in [1.807, 2.05) is 19.1 Å². The van der Waals surface area contributed by atoms with E-state index in [0.717, 1.165) is 11.3 Å². The van der Waals surface area contributed by atoms with Gasteiger partial charge in [-0.15, -0.1) is 0 Å². The quantitative estimate of drug-likeness (QED) is 0.915. The van der Waals surface area contributed by atoms with Gasteiger partial charge in [0.25, 0.3) is 0 Å². The van der Waals surface area contributed by atoms with Crippen LogP contribution in [0.4, 0.5) is 5.69 Å². The minimum Gasteiger partial charge on any atom is -0.377 e. The Morgan fingerprint density at radius 3 is 2.89 bits per heavy atom. The Bertz CT molecular complexity index is 602. The normalized spacial score (nSPS) is 9.83. The number of nitriles is 1. The van der Waals surface area contributed by atoms with Crippen LogP contribution >= 0.6 is 11.6 Å². The monoisotopic (exact) mass is 257 g/mol. The van der Waals surface area contributed by atoms with Crippen LogP contribution in [0.3, 0.4) is 0 Å². The molecular weight excluding hydrogens is 246 g/mol. The summed E-state index contributed by atoms with van der Waals surface area (Å²) >= 11 is 6.08. The molecule has 1 N–H and O–H groups in total. The number of hydrogen-bond acceptors (Lipinski definition) is 3. The van der Waals surface area contributed by atoms with Crippen LogP contribution in [0.2, 0.25) is 5.02 Å². The fourth-order valence-corrected chi connectivity index (χ4v) is 1.91. The number of para-hydroxylation sites is 1. The summed E-state index contributed by atoms with van der Waals surface area (Å²) in [6.45, 7) is 2.55. The first kappa shape index (κ1) is 12.4. The molecule has 0 aliphatic heterocycles. The second kappa shape index (κ2) is 5.52. The average molecular weight is 258 g/mol. The summed E-state index contributed by atoms with van der Waals surface area (Å²) in [7, 11) is 0. The molecule has 0 aliphatic rings. The van der Waals surface area contributed by atoms with Crippen LogP contribution in [0.15, 0.2) is 36.5 Å². The first-order valence-corrected chi connectivity index (χ1v) is 5.93. The molecule has 0 unspecified atom stereocenters. The SMILES string of the molecule is Cc1cccnc1CNc1c(Cl)cccc1C#N. The van der Waals surface area contributed by atoms with Gasteiger partial charge in [-0.1, -0.05) is 23.7 Å². The van der Waals surface area contributed by atoms with Crippen LogP contribution in [-0.4, -0.2) is 4.98 Å². The van der Waals surface area contributed by atoms with Crippen molar-refractivity contribution >= 4 is 17.3 Å². The molecule has 0 spiro atoms. The van der Waals surface area contributed by atoms with Crippen LogP contribution in [0.5, 0.6) is 0 Å². The van der Waals surface area contributed by atoms with Crippen LogP contribution < -0.4 is 5.32 Å². The molecule has 3 nitrogen and oxygen atoms in total. The summed E-state index contributed by atoms with van der Waals surface area (Å²) in [5.41, 5.74) is 3.25. The lowest BCUT2D eigenvalue weighted by molar-refractivity contribution is 1.02. The zero-order valence-corrected chi connectivity index (χ0v) is 10.7. The highest BCUT2D eigenvalue weighted by Gasteiger charge is 2.07. The van der Waals surface area contributed by atoms with Crippen molar-refractivity contribution in [1.82, 2.24) is 4.98 Å². The van der Waals surface area contributed by atoms with Crippen molar-refractivity contribution in [2.75, 3.05) is 5.32 Å². The molecule has 0 fully saturated rings. The van der Waals surface area contributed by atoms with Crippen molar-refractivity contribution < 1.29 is 0 Å². The van der Waals surface area contributed by atoms with E-state index in [1.54, 1.807) is 24.4 Å². The number of aryl methyl sites for hydroxylation is 1. The third-order valence-electron chi connectivity index (χ3n) is 2.68. The zero-order valence-electron chi connectivity index (χ0n) is 9.94. The number of nitrogens with zero attached hydrogens (tertiary/aromatic N) is 2. The number of halogens is 1. The van der Waals surface area contributed by atoms with Gasteiger partial charge in [-0.3, -0.25) is 4.98 Å². The Hall–Kier alpha value is -2.05. The van der Waals surface area contributed by atoms with Crippen molar-refractivity contribution in [3.05, 3.63) is 58.4 Å². The lowest BCUT2D eigenvalue weighted by atomic mass is 10.1. The first-order chi connectivity index (χ1) is 8.72. The third kappa shape index (κ3) is 2.61. The number of rotatable bonds is 3. The summed E-state index contributed by atoms with van der Waals surface area (Å²) in [6.07, 6.45) is 1.75. The third-order valence-corrected chi connectivity index (χ3v) is 3.00. The topological polar surface area (TPSA) is 48.7 Å². The number of aromatic nitrogens is 1. The maximum atomic E-state index is 9.03. The van der Waals surface area contributed by atoms with Crippen LogP contribution in [0.25, 0.3) is 0 Å². The van der Waals surface area contributed by atoms with Crippen molar-refractivity contribution in [2.24, 2.45) is 0 Å². The van der Waals surface area contributed by atoms with Gasteiger partial charge in [0.1, 0.15) is 6.07 Å². The number of anilines is 1. The van der Waals surface area contributed by atoms with Gasteiger partial charge in [-0.2, -0.15) is 5.26 Å². The Morgan fingerprint density at radius 1 is 1.33 bits per heavy atom. The molecule has 2 rings (SSSR count). The van der Waals surface area contributed by atoms with Crippen molar-refractivity contribution in [2.45, 2.75) is 13.5 Å². The molecule has 2 aromatic rings. The van der Waals surface area contributed by atoms with Gasteiger partial charge >= 0.3 is 0 Å². The molecule has 90 valence electrons. The van der Waals surface area contributed by atoms with Crippen LogP contribution in [-0.2, 0) is 6.54 Å². The van der Waals surface area contributed by atoms with Gasteiger partial charge in [0.15, 0.2) is 0 Å². The average Bonchev–Trinajstić information content (AvgIpc) is 2.39. The van der Waals surface area contributed by atoms with Gasteiger partial charge in [-0.05, 0) is 30.7 Å². The lowest BCUT2D eigenvalue weighted by Crippen LogP contribution is -2.05. The van der Waals surface area contributed by atoms with E-state index in [-0.39, 0.29) is 0 Å². The molecule has 1 aromatic carbocycles. The Kier molecular flexibility index (Phi) is 3.81. The molecule has 0 atom stereocenters. The van der Waals surface area contributed by atoms with Gasteiger partial charge in [-0.25, -0.2) is 0 Å². The molecule has 0 radical (unpaired) electrons. The number of benzene rings is 1. The largest absolute Gasteiger partial charge is 0.377 e. The summed E-state index contributed by atoms with van der Waals surface area (Å²) in [5, 5.41) is 12.7. The zero-order chi connectivity index (χ0) is 13.0. The number of nitrogens with one attached hydrogen (secondary N) is 1. The summed E-state index contributed by atoms with van der Waals surface area (Å²) in [4.78, 5) is 4.29. The summed E-state index contributed by atoms with van der Waals surface area (Å²) in [5.74, 6) is 0. The standard InChI is InChI=1S/C14H12ClN3/c1-10-4-3-7-17-13(10)9-18-14-11(8-16)5-2-6-12(14)15/h2-7,18H,9H2,1H3. The van der Waals surface area contributed by atoms with Crippen molar-refractivity contribution in [3.63, 3.8) is 0 Å². The summed E-state index contributed by atoms with van der Waals surface area (Å²) in [6, 6.07) is 11.3. The fourth-order valence-electron chi connectivity index (χ4n) is 1.67. The minimum absolute atomic E-state index is 0.538. The first-order valence-electron chi connectivity index (χ1n) is 5.55. The fraction of sp³-hybridized carbons (Fsp3) is 0.143. The van der Waals surface area contributed by atoms with Gasteiger partial charge in [0.05, 0.1) is 28.5 Å². The predicted octanol–water partition coefficient (Wildman–Crippen LogP) is 3.53. The molecule has 0 saturated heterocycles. The lowest BCUT2D eigenvalue weighted by Gasteiger charge is -2.10. The molecule has 1 aromatic heterocycles. The molecule has 0 amide bonds. The van der Waals surface area contributed by atoms with Gasteiger partial charge in [0.2, 0.25) is 0 Å². The van der Waals surface area contributed by atoms with E-state index in [4.69, 9.17) is 16.9 Å². The van der Waals surface area contributed by atoms with E-state index in [2.05, 4.69) is 16.4 Å². The predicted molar refractivity (Wildman–Crippen MR) is 72.5 cm³/mol. The maximum Gasteiger partial charge on any atom is 0.101 e.